The lowest BCUT2D eigenvalue weighted by Gasteiger charge is -2.19. The van der Waals surface area contributed by atoms with E-state index in [1.54, 1.807) is 32.4 Å². The van der Waals surface area contributed by atoms with Crippen LogP contribution in [0, 0.1) is 0 Å². The van der Waals surface area contributed by atoms with Gasteiger partial charge in [0.2, 0.25) is 5.91 Å². The number of amides is 1. The highest BCUT2D eigenvalue weighted by molar-refractivity contribution is 7.99. The zero-order valence-electron chi connectivity index (χ0n) is 21.4. The summed E-state index contributed by atoms with van der Waals surface area (Å²) in [4.78, 5) is 12.8. The summed E-state index contributed by atoms with van der Waals surface area (Å²) < 4.78 is 12.5. The van der Waals surface area contributed by atoms with Crippen molar-refractivity contribution in [1.82, 2.24) is 14.8 Å². The molecule has 0 radical (unpaired) electrons. The fourth-order valence-corrected chi connectivity index (χ4v) is 4.61. The highest BCUT2D eigenvalue weighted by atomic mass is 35.5. The number of nitrogens with one attached hydrogen (secondary N) is 1. The first-order chi connectivity index (χ1) is 17.7. The van der Waals surface area contributed by atoms with Crippen LogP contribution in [0.2, 0.25) is 5.02 Å². The summed E-state index contributed by atoms with van der Waals surface area (Å²) in [5.41, 5.74) is 3.67. The highest BCUT2D eigenvalue weighted by Gasteiger charge is 2.19. The van der Waals surface area contributed by atoms with Crippen LogP contribution >= 0.6 is 23.4 Å². The van der Waals surface area contributed by atoms with Gasteiger partial charge in [-0.1, -0.05) is 68.4 Å². The topological polar surface area (TPSA) is 78.3 Å². The summed E-state index contributed by atoms with van der Waals surface area (Å²) in [6.45, 7) is 6.54. The van der Waals surface area contributed by atoms with E-state index in [-0.39, 0.29) is 17.1 Å². The normalized spacial score (nSPS) is 11.3. The average Bonchev–Trinajstić information content (AvgIpc) is 3.31. The van der Waals surface area contributed by atoms with E-state index >= 15 is 0 Å². The number of aromatic nitrogens is 3. The van der Waals surface area contributed by atoms with E-state index in [2.05, 4.69) is 60.6 Å². The van der Waals surface area contributed by atoms with Crippen LogP contribution in [0.5, 0.6) is 11.5 Å². The second-order valence-corrected chi connectivity index (χ2v) is 10.7. The number of nitrogens with zero attached hydrogens (tertiary/aromatic N) is 3. The molecule has 4 rings (SSSR count). The van der Waals surface area contributed by atoms with Crippen molar-refractivity contribution < 1.29 is 14.3 Å². The van der Waals surface area contributed by atoms with E-state index in [0.29, 0.717) is 33.2 Å². The Bertz CT molecular complexity index is 1380. The third-order valence-corrected chi connectivity index (χ3v) is 6.91. The Morgan fingerprint density at radius 3 is 2.24 bits per heavy atom. The molecule has 0 saturated heterocycles. The number of hydrogen-bond acceptors (Lipinski definition) is 6. The number of thioether (sulfide) groups is 1. The van der Waals surface area contributed by atoms with Crippen molar-refractivity contribution in [2.24, 2.45) is 0 Å². The van der Waals surface area contributed by atoms with Crippen molar-refractivity contribution in [3.8, 4) is 28.6 Å². The lowest BCUT2D eigenvalue weighted by atomic mass is 9.87. The second-order valence-electron chi connectivity index (χ2n) is 9.35. The summed E-state index contributed by atoms with van der Waals surface area (Å²) >= 11 is 7.44. The van der Waals surface area contributed by atoms with E-state index in [9.17, 15) is 4.79 Å². The molecule has 0 aliphatic rings. The van der Waals surface area contributed by atoms with Gasteiger partial charge in [0.1, 0.15) is 0 Å². The van der Waals surface area contributed by atoms with Crippen LogP contribution in [-0.2, 0) is 10.2 Å². The predicted octanol–water partition coefficient (Wildman–Crippen LogP) is 6.63. The molecule has 1 amide bonds. The van der Waals surface area contributed by atoms with Gasteiger partial charge in [0.15, 0.2) is 22.5 Å². The molecule has 0 atom stereocenters. The molecule has 37 heavy (non-hydrogen) atoms. The summed E-state index contributed by atoms with van der Waals surface area (Å²) in [5.74, 6) is 1.78. The maximum absolute atomic E-state index is 12.8. The Kier molecular flexibility index (Phi) is 8.10. The van der Waals surface area contributed by atoms with E-state index in [1.807, 2.05) is 28.8 Å². The number of ether oxygens (including phenoxy) is 2. The largest absolute Gasteiger partial charge is 0.493 e. The van der Waals surface area contributed by atoms with Gasteiger partial charge in [-0.25, -0.2) is 0 Å². The van der Waals surface area contributed by atoms with E-state index in [0.717, 1.165) is 11.3 Å². The number of methoxy groups -OCH3 is 2. The van der Waals surface area contributed by atoms with Gasteiger partial charge in [-0.2, -0.15) is 0 Å². The molecular formula is C28H29ClN4O3S. The molecule has 3 aromatic carbocycles. The molecule has 4 aromatic rings. The summed E-state index contributed by atoms with van der Waals surface area (Å²) in [7, 11) is 3.12. The van der Waals surface area contributed by atoms with Crippen molar-refractivity contribution in [1.29, 1.82) is 0 Å². The lowest BCUT2D eigenvalue weighted by molar-refractivity contribution is -0.113. The van der Waals surface area contributed by atoms with E-state index < -0.39 is 0 Å². The first kappa shape index (κ1) is 26.6. The molecule has 0 aliphatic carbocycles. The SMILES string of the molecule is COc1ccc(NC(=O)CSc2nnc(-c3ccc(C(C)(C)C)cc3)n2-c2ccc(Cl)cc2)cc1OC. The van der Waals surface area contributed by atoms with Gasteiger partial charge in [0, 0.05) is 28.0 Å². The monoisotopic (exact) mass is 536 g/mol. The number of rotatable bonds is 8. The smallest absolute Gasteiger partial charge is 0.234 e. The maximum Gasteiger partial charge on any atom is 0.234 e. The van der Waals surface area contributed by atoms with Gasteiger partial charge in [-0.15, -0.1) is 10.2 Å². The summed E-state index contributed by atoms with van der Waals surface area (Å²) in [6, 6.07) is 21.0. The van der Waals surface area contributed by atoms with Crippen LogP contribution in [0.15, 0.2) is 71.9 Å². The van der Waals surface area contributed by atoms with E-state index in [1.165, 1.54) is 17.3 Å². The van der Waals surface area contributed by atoms with Crippen molar-refractivity contribution >= 4 is 35.0 Å². The molecule has 1 heterocycles. The van der Waals surface area contributed by atoms with Crippen LogP contribution < -0.4 is 14.8 Å². The van der Waals surface area contributed by atoms with Crippen molar-refractivity contribution in [3.63, 3.8) is 0 Å². The van der Waals surface area contributed by atoms with Crippen molar-refractivity contribution in [3.05, 3.63) is 77.3 Å². The fourth-order valence-electron chi connectivity index (χ4n) is 3.73. The van der Waals surface area contributed by atoms with Crippen LogP contribution in [0.3, 0.4) is 0 Å². The number of benzene rings is 3. The molecule has 0 fully saturated rings. The Morgan fingerprint density at radius 2 is 1.62 bits per heavy atom. The summed E-state index contributed by atoms with van der Waals surface area (Å²) in [6.07, 6.45) is 0. The highest BCUT2D eigenvalue weighted by Crippen LogP contribution is 2.32. The minimum atomic E-state index is -0.182. The average molecular weight is 537 g/mol. The molecule has 1 N–H and O–H groups in total. The van der Waals surface area contributed by atoms with Crippen LogP contribution in [0.1, 0.15) is 26.3 Å². The molecule has 1 aromatic heterocycles. The number of carbonyl (C=O) groups excluding carboxylic acids is 1. The summed E-state index contributed by atoms with van der Waals surface area (Å²) in [5, 5.41) is 13.0. The Morgan fingerprint density at radius 1 is 0.946 bits per heavy atom. The Hall–Kier alpha value is -3.49. The lowest BCUT2D eigenvalue weighted by Crippen LogP contribution is -2.14. The molecule has 0 spiro atoms. The zero-order valence-corrected chi connectivity index (χ0v) is 23.0. The zero-order chi connectivity index (χ0) is 26.6. The van der Waals surface area contributed by atoms with Gasteiger partial charge in [-0.3, -0.25) is 9.36 Å². The van der Waals surface area contributed by atoms with Gasteiger partial charge in [0.05, 0.1) is 20.0 Å². The van der Waals surface area contributed by atoms with Gasteiger partial charge < -0.3 is 14.8 Å². The molecular weight excluding hydrogens is 508 g/mol. The number of anilines is 1. The van der Waals surface area contributed by atoms with Crippen LogP contribution in [0.25, 0.3) is 17.1 Å². The predicted molar refractivity (Wildman–Crippen MR) is 149 cm³/mol. The molecule has 0 aliphatic heterocycles. The molecule has 0 bridgehead atoms. The number of hydrogen-bond donors (Lipinski definition) is 1. The van der Waals surface area contributed by atoms with Gasteiger partial charge >= 0.3 is 0 Å². The van der Waals surface area contributed by atoms with Gasteiger partial charge in [-0.05, 0) is 47.4 Å². The minimum absolute atomic E-state index is 0.0463. The first-order valence-corrected chi connectivity index (χ1v) is 13.0. The molecule has 0 saturated carbocycles. The Balaban J connectivity index is 1.58. The molecule has 7 nitrogen and oxygen atoms in total. The third kappa shape index (κ3) is 6.26. The Labute approximate surface area is 226 Å². The fraction of sp³-hybridized carbons (Fsp3) is 0.250. The second kappa shape index (κ2) is 11.3. The van der Waals surface area contributed by atoms with E-state index in [4.69, 9.17) is 21.1 Å². The number of halogens is 1. The van der Waals surface area contributed by atoms with Gasteiger partial charge in [0.25, 0.3) is 0 Å². The van der Waals surface area contributed by atoms with Crippen molar-refractivity contribution in [2.75, 3.05) is 25.3 Å². The van der Waals surface area contributed by atoms with Crippen LogP contribution in [-0.4, -0.2) is 40.6 Å². The third-order valence-electron chi connectivity index (χ3n) is 5.73. The minimum Gasteiger partial charge on any atom is -0.493 e. The quantitative estimate of drug-likeness (QED) is 0.254. The first-order valence-electron chi connectivity index (χ1n) is 11.7. The molecule has 9 heteroatoms. The number of carbonyl (C=O) groups is 1. The van der Waals surface area contributed by atoms with Crippen molar-refractivity contribution in [2.45, 2.75) is 31.3 Å². The van der Waals surface area contributed by atoms with Crippen LogP contribution in [0.4, 0.5) is 5.69 Å². The molecule has 0 unspecified atom stereocenters. The standard InChI is InChI=1S/C28H29ClN4O3S/c1-28(2,3)19-8-6-18(7-9-19)26-31-32-27(33(26)22-13-10-20(29)11-14-22)37-17-25(34)30-21-12-15-23(35-4)24(16-21)36-5/h6-16H,17H2,1-5H3,(H,30,34). The maximum atomic E-state index is 12.8. The molecule has 192 valence electrons.